The molecule has 0 saturated heterocycles. The Kier molecular flexibility index (Phi) is 5.03. The lowest BCUT2D eigenvalue weighted by Gasteiger charge is -2.34. The monoisotopic (exact) mass is 263 g/mol. The van der Waals surface area contributed by atoms with Crippen LogP contribution in [0.2, 0.25) is 0 Å². The Balaban J connectivity index is 2.17. The van der Waals surface area contributed by atoms with Crippen molar-refractivity contribution in [3.8, 4) is 0 Å². The van der Waals surface area contributed by atoms with E-state index in [1.807, 2.05) is 12.5 Å². The Morgan fingerprint density at radius 2 is 2.11 bits per heavy atom. The van der Waals surface area contributed by atoms with Gasteiger partial charge < -0.3 is 10.3 Å². The first-order valence-corrected chi connectivity index (χ1v) is 7.90. The average molecular weight is 263 g/mol. The molecule has 0 aromatic carbocycles. The highest BCUT2D eigenvalue weighted by Crippen LogP contribution is 2.37. The third kappa shape index (κ3) is 3.38. The van der Waals surface area contributed by atoms with E-state index in [1.54, 1.807) is 0 Å². The molecule has 3 atom stereocenters. The van der Waals surface area contributed by atoms with Gasteiger partial charge in [-0.1, -0.05) is 40.0 Å². The fourth-order valence-electron chi connectivity index (χ4n) is 3.54. The predicted molar refractivity (Wildman–Crippen MR) is 79.9 cm³/mol. The molecule has 3 heteroatoms. The van der Waals surface area contributed by atoms with Crippen molar-refractivity contribution in [3.05, 3.63) is 18.2 Å². The number of imidazole rings is 1. The van der Waals surface area contributed by atoms with Gasteiger partial charge in [-0.15, -0.1) is 0 Å². The SMILES string of the molecule is CCC1CCCCC1n1cncc1C(N)CC(C)C. The number of nitrogens with zero attached hydrogens (tertiary/aromatic N) is 2. The van der Waals surface area contributed by atoms with E-state index >= 15 is 0 Å². The lowest BCUT2D eigenvalue weighted by Crippen LogP contribution is -2.26. The van der Waals surface area contributed by atoms with Gasteiger partial charge in [0.05, 0.1) is 12.0 Å². The van der Waals surface area contributed by atoms with E-state index in [1.165, 1.54) is 37.8 Å². The molecule has 1 fully saturated rings. The van der Waals surface area contributed by atoms with Crippen LogP contribution in [0.3, 0.4) is 0 Å². The Morgan fingerprint density at radius 1 is 1.37 bits per heavy atom. The maximum Gasteiger partial charge on any atom is 0.0951 e. The number of rotatable bonds is 5. The molecule has 1 heterocycles. The topological polar surface area (TPSA) is 43.8 Å². The van der Waals surface area contributed by atoms with Crippen molar-refractivity contribution >= 4 is 0 Å². The summed E-state index contributed by atoms with van der Waals surface area (Å²) in [4.78, 5) is 4.38. The number of hydrogen-bond donors (Lipinski definition) is 1. The lowest BCUT2D eigenvalue weighted by atomic mass is 9.82. The largest absolute Gasteiger partial charge is 0.330 e. The molecule has 0 radical (unpaired) electrons. The Hall–Kier alpha value is -0.830. The molecule has 3 nitrogen and oxygen atoms in total. The van der Waals surface area contributed by atoms with Crippen LogP contribution in [0.15, 0.2) is 12.5 Å². The molecule has 1 aliphatic carbocycles. The summed E-state index contributed by atoms with van der Waals surface area (Å²) in [6.45, 7) is 6.78. The fraction of sp³-hybridized carbons (Fsp3) is 0.812. The molecule has 108 valence electrons. The van der Waals surface area contributed by atoms with Crippen LogP contribution in [-0.2, 0) is 0 Å². The molecule has 1 saturated carbocycles. The van der Waals surface area contributed by atoms with Gasteiger partial charge in [0.25, 0.3) is 0 Å². The highest BCUT2D eigenvalue weighted by atomic mass is 15.1. The minimum absolute atomic E-state index is 0.127. The van der Waals surface area contributed by atoms with Gasteiger partial charge >= 0.3 is 0 Å². The highest BCUT2D eigenvalue weighted by molar-refractivity contribution is 5.07. The third-order valence-corrected chi connectivity index (χ3v) is 4.55. The molecule has 1 aromatic heterocycles. The van der Waals surface area contributed by atoms with E-state index in [9.17, 15) is 0 Å². The molecule has 0 aliphatic heterocycles. The summed E-state index contributed by atoms with van der Waals surface area (Å²) in [6.07, 6.45) is 11.7. The minimum Gasteiger partial charge on any atom is -0.330 e. The van der Waals surface area contributed by atoms with Crippen LogP contribution in [0.25, 0.3) is 0 Å². The highest BCUT2D eigenvalue weighted by Gasteiger charge is 2.27. The van der Waals surface area contributed by atoms with Gasteiger partial charge in [0.1, 0.15) is 0 Å². The van der Waals surface area contributed by atoms with Crippen molar-refractivity contribution in [2.45, 2.75) is 71.4 Å². The smallest absolute Gasteiger partial charge is 0.0951 e. The van der Waals surface area contributed by atoms with Crippen LogP contribution in [0.4, 0.5) is 0 Å². The van der Waals surface area contributed by atoms with Crippen molar-refractivity contribution < 1.29 is 0 Å². The van der Waals surface area contributed by atoms with E-state index in [2.05, 4.69) is 30.3 Å². The second-order valence-corrected chi connectivity index (χ2v) is 6.48. The normalized spacial score (nSPS) is 25.7. The maximum absolute atomic E-state index is 6.37. The summed E-state index contributed by atoms with van der Waals surface area (Å²) < 4.78 is 2.39. The molecule has 2 rings (SSSR count). The third-order valence-electron chi connectivity index (χ3n) is 4.55. The molecule has 19 heavy (non-hydrogen) atoms. The van der Waals surface area contributed by atoms with E-state index in [0.29, 0.717) is 12.0 Å². The van der Waals surface area contributed by atoms with E-state index in [4.69, 9.17) is 5.73 Å². The molecule has 1 aromatic rings. The molecular formula is C16H29N3. The van der Waals surface area contributed by atoms with E-state index in [0.717, 1.165) is 12.3 Å². The first-order chi connectivity index (χ1) is 9.13. The van der Waals surface area contributed by atoms with Crippen molar-refractivity contribution in [2.75, 3.05) is 0 Å². The van der Waals surface area contributed by atoms with Gasteiger partial charge in [0, 0.05) is 18.3 Å². The van der Waals surface area contributed by atoms with Crippen molar-refractivity contribution in [1.29, 1.82) is 0 Å². The van der Waals surface area contributed by atoms with Gasteiger partial charge in [0.2, 0.25) is 0 Å². The van der Waals surface area contributed by atoms with Gasteiger partial charge in [-0.3, -0.25) is 0 Å². The van der Waals surface area contributed by atoms with Gasteiger partial charge in [-0.25, -0.2) is 4.98 Å². The van der Waals surface area contributed by atoms with Crippen molar-refractivity contribution in [1.82, 2.24) is 9.55 Å². The Morgan fingerprint density at radius 3 is 2.79 bits per heavy atom. The summed E-state index contributed by atoms with van der Waals surface area (Å²) in [7, 11) is 0. The molecule has 2 N–H and O–H groups in total. The van der Waals surface area contributed by atoms with Gasteiger partial charge in [-0.05, 0) is 31.1 Å². The zero-order valence-corrected chi connectivity index (χ0v) is 12.7. The molecule has 0 spiro atoms. The minimum atomic E-state index is 0.127. The molecule has 3 unspecified atom stereocenters. The summed E-state index contributed by atoms with van der Waals surface area (Å²) in [5.74, 6) is 1.43. The maximum atomic E-state index is 6.37. The van der Waals surface area contributed by atoms with E-state index in [-0.39, 0.29) is 6.04 Å². The Labute approximate surface area is 117 Å². The quantitative estimate of drug-likeness (QED) is 0.870. The summed E-state index contributed by atoms with van der Waals surface area (Å²) in [5, 5.41) is 0. The van der Waals surface area contributed by atoms with Crippen LogP contribution in [0, 0.1) is 11.8 Å². The van der Waals surface area contributed by atoms with Gasteiger partial charge in [-0.2, -0.15) is 0 Å². The van der Waals surface area contributed by atoms with Crippen LogP contribution < -0.4 is 5.73 Å². The van der Waals surface area contributed by atoms with Crippen LogP contribution in [-0.4, -0.2) is 9.55 Å². The molecule has 0 bridgehead atoms. The average Bonchev–Trinajstić information content (AvgIpc) is 2.87. The first kappa shape index (κ1) is 14.6. The Bertz CT molecular complexity index is 383. The molecule has 0 amide bonds. The number of hydrogen-bond acceptors (Lipinski definition) is 2. The number of aromatic nitrogens is 2. The summed E-state index contributed by atoms with van der Waals surface area (Å²) in [6, 6.07) is 0.747. The predicted octanol–water partition coefficient (Wildman–Crippen LogP) is 4.07. The van der Waals surface area contributed by atoms with Crippen LogP contribution >= 0.6 is 0 Å². The summed E-state index contributed by atoms with van der Waals surface area (Å²) >= 11 is 0. The van der Waals surface area contributed by atoms with E-state index < -0.39 is 0 Å². The lowest BCUT2D eigenvalue weighted by molar-refractivity contribution is 0.225. The molecular weight excluding hydrogens is 234 g/mol. The van der Waals surface area contributed by atoms with Crippen LogP contribution in [0.5, 0.6) is 0 Å². The van der Waals surface area contributed by atoms with Crippen LogP contribution in [0.1, 0.15) is 77.1 Å². The molecule has 1 aliphatic rings. The second-order valence-electron chi connectivity index (χ2n) is 6.48. The van der Waals surface area contributed by atoms with Crippen molar-refractivity contribution in [2.24, 2.45) is 17.6 Å². The first-order valence-electron chi connectivity index (χ1n) is 7.90. The zero-order valence-electron chi connectivity index (χ0n) is 12.7. The summed E-state index contributed by atoms with van der Waals surface area (Å²) in [5.41, 5.74) is 7.61. The zero-order chi connectivity index (χ0) is 13.8. The second kappa shape index (κ2) is 6.56. The fourth-order valence-corrected chi connectivity index (χ4v) is 3.54. The van der Waals surface area contributed by atoms with Gasteiger partial charge in [0.15, 0.2) is 0 Å². The standard InChI is InChI=1S/C16H29N3/c1-4-13-7-5-6-8-15(13)19-11-18-10-16(19)14(17)9-12(2)3/h10-15H,4-9,17H2,1-3H3. The number of nitrogens with two attached hydrogens (primary N) is 1. The van der Waals surface area contributed by atoms with Crippen molar-refractivity contribution in [3.63, 3.8) is 0 Å².